The van der Waals surface area contributed by atoms with E-state index in [1.165, 1.54) is 25.0 Å². The van der Waals surface area contributed by atoms with Gasteiger partial charge in [-0.25, -0.2) is 4.39 Å². The Morgan fingerprint density at radius 3 is 2.94 bits per heavy atom. The fourth-order valence-electron chi connectivity index (χ4n) is 1.75. The highest BCUT2D eigenvalue weighted by Gasteiger charge is 2.27. The molecular formula is C13H18FN3. The molecule has 0 amide bonds. The molecule has 2 N–H and O–H groups in total. The first-order chi connectivity index (χ1) is 8.16. The van der Waals surface area contributed by atoms with Crippen LogP contribution in [0.15, 0.2) is 29.3 Å². The fraction of sp³-hybridized carbons (Fsp3) is 0.462. The Morgan fingerprint density at radius 1 is 1.53 bits per heavy atom. The highest BCUT2D eigenvalue weighted by molar-refractivity contribution is 5.78. The van der Waals surface area contributed by atoms with Crippen molar-refractivity contribution in [1.29, 1.82) is 0 Å². The summed E-state index contributed by atoms with van der Waals surface area (Å²) in [5.41, 5.74) is 6.81. The van der Waals surface area contributed by atoms with Crippen LogP contribution in [0.2, 0.25) is 0 Å². The standard InChI is InChI=1S/C13H18FN3/c1-17(12-5-6-12)13(15)16-8-7-10-3-2-4-11(14)9-10/h2-4,9,12H,5-8H2,1H3,(H2,15,16). The molecule has 1 aromatic rings. The second-order valence-corrected chi connectivity index (χ2v) is 4.46. The maximum Gasteiger partial charge on any atom is 0.191 e. The number of guanidine groups is 1. The van der Waals surface area contributed by atoms with Crippen molar-refractivity contribution in [2.75, 3.05) is 13.6 Å². The van der Waals surface area contributed by atoms with Crippen molar-refractivity contribution in [2.45, 2.75) is 25.3 Å². The summed E-state index contributed by atoms with van der Waals surface area (Å²) in [7, 11) is 1.97. The van der Waals surface area contributed by atoms with Crippen molar-refractivity contribution >= 4 is 5.96 Å². The van der Waals surface area contributed by atoms with Crippen LogP contribution >= 0.6 is 0 Å². The minimum absolute atomic E-state index is 0.199. The first-order valence-electron chi connectivity index (χ1n) is 5.94. The molecule has 0 heterocycles. The third-order valence-corrected chi connectivity index (χ3v) is 3.02. The van der Waals surface area contributed by atoms with Crippen molar-refractivity contribution in [1.82, 2.24) is 4.90 Å². The summed E-state index contributed by atoms with van der Waals surface area (Å²) in [5.74, 6) is 0.387. The second kappa shape index (κ2) is 5.17. The van der Waals surface area contributed by atoms with Gasteiger partial charge in [-0.1, -0.05) is 12.1 Å². The van der Waals surface area contributed by atoms with Gasteiger partial charge in [0.2, 0.25) is 0 Å². The third-order valence-electron chi connectivity index (χ3n) is 3.02. The Hall–Kier alpha value is -1.58. The van der Waals surface area contributed by atoms with Crippen molar-refractivity contribution in [2.24, 2.45) is 10.7 Å². The Kier molecular flexibility index (Phi) is 3.61. The van der Waals surface area contributed by atoms with Gasteiger partial charge in [0.1, 0.15) is 5.82 Å². The van der Waals surface area contributed by atoms with Gasteiger partial charge in [-0.2, -0.15) is 0 Å². The Labute approximate surface area is 101 Å². The van der Waals surface area contributed by atoms with Gasteiger partial charge in [-0.3, -0.25) is 4.99 Å². The smallest absolute Gasteiger partial charge is 0.191 e. The van der Waals surface area contributed by atoms with E-state index in [2.05, 4.69) is 4.99 Å². The minimum Gasteiger partial charge on any atom is -0.370 e. The molecule has 1 aliphatic rings. The van der Waals surface area contributed by atoms with E-state index in [9.17, 15) is 4.39 Å². The SMILES string of the molecule is CN(C(N)=NCCc1cccc(F)c1)C1CC1. The maximum atomic E-state index is 12.9. The summed E-state index contributed by atoms with van der Waals surface area (Å²) in [6.45, 7) is 0.604. The quantitative estimate of drug-likeness (QED) is 0.638. The lowest BCUT2D eigenvalue weighted by Crippen LogP contribution is -2.35. The number of hydrogen-bond donors (Lipinski definition) is 1. The molecule has 0 aliphatic heterocycles. The zero-order chi connectivity index (χ0) is 12.3. The molecule has 92 valence electrons. The van der Waals surface area contributed by atoms with Crippen molar-refractivity contribution < 1.29 is 4.39 Å². The lowest BCUT2D eigenvalue weighted by atomic mass is 10.1. The molecule has 1 saturated carbocycles. The molecular weight excluding hydrogens is 217 g/mol. The van der Waals surface area contributed by atoms with Crippen LogP contribution in [0.5, 0.6) is 0 Å². The monoisotopic (exact) mass is 235 g/mol. The van der Waals surface area contributed by atoms with Crippen LogP contribution in [0.3, 0.4) is 0 Å². The van der Waals surface area contributed by atoms with Gasteiger partial charge in [-0.15, -0.1) is 0 Å². The maximum absolute atomic E-state index is 12.9. The summed E-state index contributed by atoms with van der Waals surface area (Å²) in [6, 6.07) is 7.18. The molecule has 3 nitrogen and oxygen atoms in total. The Morgan fingerprint density at radius 2 is 2.29 bits per heavy atom. The number of nitrogens with two attached hydrogens (primary N) is 1. The molecule has 4 heteroatoms. The lowest BCUT2D eigenvalue weighted by Gasteiger charge is -2.16. The molecule has 0 bridgehead atoms. The lowest BCUT2D eigenvalue weighted by molar-refractivity contribution is 0.487. The van der Waals surface area contributed by atoms with Gasteiger partial charge in [0.15, 0.2) is 5.96 Å². The van der Waals surface area contributed by atoms with E-state index in [0.717, 1.165) is 12.0 Å². The van der Waals surface area contributed by atoms with Gasteiger partial charge in [0.05, 0.1) is 0 Å². The molecule has 0 atom stereocenters. The van der Waals surface area contributed by atoms with Crippen LogP contribution in [0, 0.1) is 5.82 Å². The zero-order valence-corrected chi connectivity index (χ0v) is 10.1. The molecule has 1 aliphatic carbocycles. The highest BCUT2D eigenvalue weighted by Crippen LogP contribution is 2.24. The van der Waals surface area contributed by atoms with Gasteiger partial charge >= 0.3 is 0 Å². The van der Waals surface area contributed by atoms with Crippen LogP contribution in [0.1, 0.15) is 18.4 Å². The van der Waals surface area contributed by atoms with E-state index >= 15 is 0 Å². The summed E-state index contributed by atoms with van der Waals surface area (Å²) in [6.07, 6.45) is 3.13. The number of aliphatic imine (C=N–C) groups is 1. The number of hydrogen-bond acceptors (Lipinski definition) is 1. The van der Waals surface area contributed by atoms with Gasteiger partial charge in [0, 0.05) is 19.6 Å². The first kappa shape index (κ1) is 11.9. The number of nitrogens with zero attached hydrogens (tertiary/aromatic N) is 2. The Bertz CT molecular complexity index is 413. The first-order valence-corrected chi connectivity index (χ1v) is 5.94. The summed E-state index contributed by atoms with van der Waals surface area (Å²) in [5, 5.41) is 0. The molecule has 17 heavy (non-hydrogen) atoms. The predicted octanol–water partition coefficient (Wildman–Crippen LogP) is 1.78. The van der Waals surface area contributed by atoms with Crippen LogP contribution in [0.25, 0.3) is 0 Å². The average Bonchev–Trinajstić information content (AvgIpc) is 3.12. The zero-order valence-electron chi connectivity index (χ0n) is 10.1. The fourth-order valence-corrected chi connectivity index (χ4v) is 1.75. The third kappa shape index (κ3) is 3.44. The molecule has 0 radical (unpaired) electrons. The largest absolute Gasteiger partial charge is 0.370 e. The van der Waals surface area contributed by atoms with Crippen LogP contribution in [0.4, 0.5) is 4.39 Å². The van der Waals surface area contributed by atoms with E-state index in [0.29, 0.717) is 18.5 Å². The van der Waals surface area contributed by atoms with Crippen LogP contribution in [-0.4, -0.2) is 30.5 Å². The second-order valence-electron chi connectivity index (χ2n) is 4.46. The average molecular weight is 235 g/mol. The minimum atomic E-state index is -0.199. The molecule has 1 fully saturated rings. The summed E-state index contributed by atoms with van der Waals surface area (Å²) in [4.78, 5) is 6.33. The molecule has 0 saturated heterocycles. The normalized spacial score (nSPS) is 16.0. The van der Waals surface area contributed by atoms with Gasteiger partial charge in [-0.05, 0) is 37.0 Å². The van der Waals surface area contributed by atoms with Crippen LogP contribution in [-0.2, 0) is 6.42 Å². The van der Waals surface area contributed by atoms with Crippen LogP contribution < -0.4 is 5.73 Å². The van der Waals surface area contributed by atoms with Crippen molar-refractivity contribution in [3.8, 4) is 0 Å². The molecule has 0 spiro atoms. The number of rotatable bonds is 4. The number of halogens is 1. The molecule has 0 aromatic heterocycles. The summed E-state index contributed by atoms with van der Waals surface area (Å²) >= 11 is 0. The highest BCUT2D eigenvalue weighted by atomic mass is 19.1. The van der Waals surface area contributed by atoms with Crippen molar-refractivity contribution in [3.05, 3.63) is 35.6 Å². The van der Waals surface area contributed by atoms with Gasteiger partial charge in [0.25, 0.3) is 0 Å². The van der Waals surface area contributed by atoms with Gasteiger partial charge < -0.3 is 10.6 Å². The van der Waals surface area contributed by atoms with E-state index in [4.69, 9.17) is 5.73 Å². The Balaban J connectivity index is 1.83. The van der Waals surface area contributed by atoms with E-state index < -0.39 is 0 Å². The molecule has 0 unspecified atom stereocenters. The topological polar surface area (TPSA) is 41.6 Å². The molecule has 2 rings (SSSR count). The van der Waals surface area contributed by atoms with E-state index in [1.54, 1.807) is 6.07 Å². The van der Waals surface area contributed by atoms with E-state index in [1.807, 2.05) is 18.0 Å². The predicted molar refractivity (Wildman–Crippen MR) is 67.4 cm³/mol. The van der Waals surface area contributed by atoms with E-state index in [-0.39, 0.29) is 5.82 Å². The molecule has 1 aromatic carbocycles. The van der Waals surface area contributed by atoms with Crippen molar-refractivity contribution in [3.63, 3.8) is 0 Å². The number of benzene rings is 1. The summed E-state index contributed by atoms with van der Waals surface area (Å²) < 4.78 is 12.9.